The van der Waals surface area contributed by atoms with Gasteiger partial charge in [-0.05, 0) is 43.2 Å². The fraction of sp³-hybridized carbons (Fsp3) is 0.263. The Morgan fingerprint density at radius 1 is 1.04 bits per heavy atom. The summed E-state index contributed by atoms with van der Waals surface area (Å²) in [5.41, 5.74) is 2.24. The molecule has 1 N–H and O–H groups in total. The van der Waals surface area contributed by atoms with E-state index in [0.717, 1.165) is 36.1 Å². The molecule has 3 aromatic heterocycles. The third kappa shape index (κ3) is 4.97. The molecule has 6 nitrogen and oxygen atoms in total. The number of hydrogen-bond acceptors (Lipinski definition) is 6. The summed E-state index contributed by atoms with van der Waals surface area (Å²) in [6.07, 6.45) is 6.38. The maximum atomic E-state index is 4.55. The molecule has 0 spiro atoms. The number of likely N-dealkylation sites (N-methyl/N-ethyl adjacent to an activating group) is 1. The molecule has 0 saturated heterocycles. The minimum atomic E-state index is 0.636. The van der Waals surface area contributed by atoms with E-state index in [4.69, 9.17) is 0 Å². The van der Waals surface area contributed by atoms with E-state index in [1.54, 1.807) is 6.20 Å². The number of aryl methyl sites for hydroxylation is 1. The highest BCUT2D eigenvalue weighted by molar-refractivity contribution is 5.49. The first-order valence-corrected chi connectivity index (χ1v) is 8.30. The maximum absolute atomic E-state index is 4.55. The van der Waals surface area contributed by atoms with Gasteiger partial charge in [0.2, 0.25) is 0 Å². The zero-order valence-corrected chi connectivity index (χ0v) is 14.6. The maximum Gasteiger partial charge on any atom is 0.134 e. The quantitative estimate of drug-likeness (QED) is 0.717. The third-order valence-corrected chi connectivity index (χ3v) is 3.88. The predicted molar refractivity (Wildman–Crippen MR) is 99.5 cm³/mol. The summed E-state index contributed by atoms with van der Waals surface area (Å²) < 4.78 is 0. The van der Waals surface area contributed by atoms with Crippen LogP contribution in [0.2, 0.25) is 0 Å². The van der Waals surface area contributed by atoms with Crippen molar-refractivity contribution in [3.63, 3.8) is 0 Å². The fourth-order valence-corrected chi connectivity index (χ4v) is 2.48. The van der Waals surface area contributed by atoms with Gasteiger partial charge in [0.15, 0.2) is 0 Å². The van der Waals surface area contributed by atoms with Crippen molar-refractivity contribution >= 4 is 11.6 Å². The van der Waals surface area contributed by atoms with Gasteiger partial charge in [-0.2, -0.15) is 0 Å². The Morgan fingerprint density at radius 3 is 2.64 bits per heavy atom. The van der Waals surface area contributed by atoms with Crippen molar-refractivity contribution in [1.29, 1.82) is 0 Å². The molecule has 128 valence electrons. The van der Waals surface area contributed by atoms with Crippen LogP contribution in [0.3, 0.4) is 0 Å². The molecule has 3 heterocycles. The van der Waals surface area contributed by atoms with Crippen molar-refractivity contribution in [3.05, 3.63) is 72.1 Å². The summed E-state index contributed by atoms with van der Waals surface area (Å²) in [5.74, 6) is 2.46. The zero-order valence-electron chi connectivity index (χ0n) is 14.6. The summed E-state index contributed by atoms with van der Waals surface area (Å²) in [6, 6.07) is 11.9. The molecule has 0 atom stereocenters. The first-order valence-electron chi connectivity index (χ1n) is 8.30. The topological polar surface area (TPSA) is 66.8 Å². The summed E-state index contributed by atoms with van der Waals surface area (Å²) in [7, 11) is 2.05. The lowest BCUT2D eigenvalue weighted by molar-refractivity contribution is 0.846. The first-order chi connectivity index (χ1) is 12.2. The molecule has 0 saturated carbocycles. The summed E-state index contributed by atoms with van der Waals surface area (Å²) in [4.78, 5) is 19.5. The van der Waals surface area contributed by atoms with Crippen LogP contribution >= 0.6 is 0 Å². The summed E-state index contributed by atoms with van der Waals surface area (Å²) in [6.45, 7) is 3.42. The van der Waals surface area contributed by atoms with Crippen LogP contribution in [0.1, 0.15) is 17.1 Å². The highest BCUT2D eigenvalue weighted by Crippen LogP contribution is 2.16. The molecule has 3 aromatic rings. The molecule has 0 fully saturated rings. The van der Waals surface area contributed by atoms with Crippen LogP contribution in [0.4, 0.5) is 11.6 Å². The Balaban J connectivity index is 1.64. The Labute approximate surface area is 148 Å². The van der Waals surface area contributed by atoms with E-state index < -0.39 is 0 Å². The average molecular weight is 334 g/mol. The average Bonchev–Trinajstić information content (AvgIpc) is 2.66. The van der Waals surface area contributed by atoms with Crippen LogP contribution in [0.5, 0.6) is 0 Å². The van der Waals surface area contributed by atoms with Gasteiger partial charge >= 0.3 is 0 Å². The van der Waals surface area contributed by atoms with Crippen molar-refractivity contribution in [3.8, 4) is 0 Å². The normalized spacial score (nSPS) is 10.5. The van der Waals surface area contributed by atoms with Crippen LogP contribution in [0, 0.1) is 6.92 Å². The largest absolute Gasteiger partial charge is 0.364 e. The molecule has 0 aliphatic carbocycles. The Kier molecular flexibility index (Phi) is 5.51. The molecule has 0 radical (unpaired) electrons. The van der Waals surface area contributed by atoms with Gasteiger partial charge in [0, 0.05) is 38.2 Å². The third-order valence-electron chi connectivity index (χ3n) is 3.88. The van der Waals surface area contributed by atoms with Crippen molar-refractivity contribution in [2.75, 3.05) is 23.8 Å². The van der Waals surface area contributed by atoms with Gasteiger partial charge in [-0.25, -0.2) is 9.97 Å². The Hall–Kier alpha value is -3.02. The van der Waals surface area contributed by atoms with Gasteiger partial charge in [-0.15, -0.1) is 0 Å². The highest BCUT2D eigenvalue weighted by atomic mass is 15.2. The lowest BCUT2D eigenvalue weighted by Crippen LogP contribution is -2.22. The Morgan fingerprint density at radius 2 is 1.88 bits per heavy atom. The minimum Gasteiger partial charge on any atom is -0.364 e. The molecule has 0 amide bonds. The van der Waals surface area contributed by atoms with E-state index in [9.17, 15) is 0 Å². The molecule has 0 aliphatic heterocycles. The van der Waals surface area contributed by atoms with E-state index in [0.29, 0.717) is 6.54 Å². The molecular weight excluding hydrogens is 312 g/mol. The van der Waals surface area contributed by atoms with Gasteiger partial charge in [0.25, 0.3) is 0 Å². The van der Waals surface area contributed by atoms with Crippen molar-refractivity contribution in [2.45, 2.75) is 19.9 Å². The number of rotatable bonds is 7. The van der Waals surface area contributed by atoms with Gasteiger partial charge in [-0.1, -0.05) is 6.07 Å². The number of pyridine rings is 2. The lowest BCUT2D eigenvalue weighted by atomic mass is 10.2. The summed E-state index contributed by atoms with van der Waals surface area (Å²) in [5, 5.41) is 3.32. The number of hydrogen-bond donors (Lipinski definition) is 1. The number of anilines is 2. The van der Waals surface area contributed by atoms with Crippen LogP contribution < -0.4 is 10.2 Å². The zero-order chi connectivity index (χ0) is 17.5. The Bertz CT molecular complexity index is 792. The molecule has 3 rings (SSSR count). The second-order valence-electron chi connectivity index (χ2n) is 5.86. The van der Waals surface area contributed by atoms with Crippen LogP contribution in [0.15, 0.2) is 55.0 Å². The second kappa shape index (κ2) is 8.19. The predicted octanol–water partition coefficient (Wildman–Crippen LogP) is 2.87. The van der Waals surface area contributed by atoms with Crippen molar-refractivity contribution < 1.29 is 0 Å². The molecule has 0 unspecified atom stereocenters. The van der Waals surface area contributed by atoms with E-state index in [-0.39, 0.29) is 0 Å². The van der Waals surface area contributed by atoms with Crippen LogP contribution in [-0.2, 0) is 13.0 Å². The fourth-order valence-electron chi connectivity index (χ4n) is 2.48. The van der Waals surface area contributed by atoms with Crippen molar-refractivity contribution in [2.24, 2.45) is 0 Å². The molecule has 0 aromatic carbocycles. The van der Waals surface area contributed by atoms with E-state index in [1.807, 2.05) is 62.8 Å². The smallest absolute Gasteiger partial charge is 0.134 e. The number of nitrogens with zero attached hydrogens (tertiary/aromatic N) is 5. The number of aromatic nitrogens is 4. The van der Waals surface area contributed by atoms with Gasteiger partial charge in [0.05, 0.1) is 12.2 Å². The van der Waals surface area contributed by atoms with Gasteiger partial charge < -0.3 is 10.2 Å². The van der Waals surface area contributed by atoms with E-state index in [2.05, 4.69) is 30.2 Å². The SMILES string of the molecule is Cc1nc(NCc2ccccn2)cc(N(C)CCc2ccncc2)n1. The number of nitrogens with one attached hydrogen (secondary N) is 1. The standard InChI is InChI=1S/C19H22N6/c1-15-23-18(22-14-17-5-3-4-9-21-17)13-19(24-15)25(2)12-8-16-6-10-20-11-7-16/h3-7,9-11,13H,8,12,14H2,1-2H3,(H,22,23,24). The van der Waals surface area contributed by atoms with E-state index in [1.165, 1.54) is 5.56 Å². The lowest BCUT2D eigenvalue weighted by Gasteiger charge is -2.19. The molecule has 0 aliphatic rings. The first kappa shape index (κ1) is 16.8. The van der Waals surface area contributed by atoms with Gasteiger partial charge in [0.1, 0.15) is 17.5 Å². The van der Waals surface area contributed by atoms with Crippen LogP contribution in [-0.4, -0.2) is 33.5 Å². The summed E-state index contributed by atoms with van der Waals surface area (Å²) >= 11 is 0. The monoisotopic (exact) mass is 334 g/mol. The molecule has 6 heteroatoms. The molecule has 0 bridgehead atoms. The second-order valence-corrected chi connectivity index (χ2v) is 5.86. The van der Waals surface area contributed by atoms with Crippen LogP contribution in [0.25, 0.3) is 0 Å². The van der Waals surface area contributed by atoms with E-state index >= 15 is 0 Å². The van der Waals surface area contributed by atoms with Gasteiger partial charge in [-0.3, -0.25) is 9.97 Å². The van der Waals surface area contributed by atoms with Crippen molar-refractivity contribution in [1.82, 2.24) is 19.9 Å². The minimum absolute atomic E-state index is 0.636. The molecular formula is C19H22N6. The highest BCUT2D eigenvalue weighted by Gasteiger charge is 2.07. The molecule has 25 heavy (non-hydrogen) atoms.